The molecule has 0 atom stereocenters. The van der Waals surface area contributed by atoms with Gasteiger partial charge in [-0.1, -0.05) is 19.1 Å². The van der Waals surface area contributed by atoms with Gasteiger partial charge in [0.25, 0.3) is 0 Å². The van der Waals surface area contributed by atoms with Crippen molar-refractivity contribution >= 4 is 33.4 Å². The Morgan fingerprint density at radius 3 is 2.28 bits per heavy atom. The average molecular weight is 414 g/mol. The lowest BCUT2D eigenvalue weighted by atomic mass is 10.1. The van der Waals surface area contributed by atoms with Crippen molar-refractivity contribution in [2.24, 2.45) is 0 Å². The third-order valence-corrected chi connectivity index (χ3v) is 6.37. The molecular weight excluding hydrogens is 386 g/mol. The van der Waals surface area contributed by atoms with E-state index in [0.717, 1.165) is 24.3 Å². The Kier molecular flexibility index (Phi) is 7.06. The van der Waals surface area contributed by atoms with E-state index in [1.54, 1.807) is 25.1 Å². The second-order valence-corrected chi connectivity index (χ2v) is 8.75. The molecule has 154 valence electrons. The second kappa shape index (κ2) is 9.71. The third-order valence-electron chi connectivity index (χ3n) is 4.81. The molecule has 0 unspecified atom stereocenters. The van der Waals surface area contributed by atoms with Crippen molar-refractivity contribution in [2.75, 3.05) is 29.9 Å². The summed E-state index contributed by atoms with van der Waals surface area (Å²) in [7, 11) is -3.47. The van der Waals surface area contributed by atoms with Crippen LogP contribution >= 0.6 is 0 Å². The maximum absolute atomic E-state index is 12.2. The number of hydrogen-bond acceptors (Lipinski definition) is 4. The Morgan fingerprint density at radius 2 is 1.66 bits per heavy atom. The fourth-order valence-electron chi connectivity index (χ4n) is 3.29. The maximum atomic E-state index is 12.2. The fraction of sp³-hybridized carbons (Fsp3) is 0.318. The van der Waals surface area contributed by atoms with Crippen LogP contribution in [0.5, 0.6) is 0 Å². The summed E-state index contributed by atoms with van der Waals surface area (Å²) >= 11 is 0. The smallest absolute Gasteiger partial charge is 0.248 e. The summed E-state index contributed by atoms with van der Waals surface area (Å²) in [5, 5.41) is 2.84. The molecule has 7 heteroatoms. The quantitative estimate of drug-likeness (QED) is 0.680. The van der Waals surface area contributed by atoms with Crippen LogP contribution in [0.3, 0.4) is 0 Å². The number of benzene rings is 2. The topological polar surface area (TPSA) is 78.5 Å². The van der Waals surface area contributed by atoms with E-state index < -0.39 is 10.0 Å². The molecule has 1 amide bonds. The van der Waals surface area contributed by atoms with Crippen molar-refractivity contribution in [3.63, 3.8) is 0 Å². The van der Waals surface area contributed by atoms with Gasteiger partial charge in [0.1, 0.15) is 0 Å². The van der Waals surface area contributed by atoms with Gasteiger partial charge in [0.15, 0.2) is 0 Å². The van der Waals surface area contributed by atoms with Crippen molar-refractivity contribution in [2.45, 2.75) is 31.1 Å². The fourth-order valence-corrected chi connectivity index (χ4v) is 4.34. The molecule has 0 spiro atoms. The van der Waals surface area contributed by atoms with Crippen LogP contribution in [0.25, 0.3) is 6.08 Å². The first kappa shape index (κ1) is 21.1. The first-order valence-electron chi connectivity index (χ1n) is 9.92. The van der Waals surface area contributed by atoms with Gasteiger partial charge in [-0.15, -0.1) is 0 Å². The van der Waals surface area contributed by atoms with E-state index in [1.165, 1.54) is 43.2 Å². The van der Waals surface area contributed by atoms with E-state index in [9.17, 15) is 13.2 Å². The van der Waals surface area contributed by atoms with Crippen molar-refractivity contribution in [1.82, 2.24) is 4.72 Å². The minimum absolute atomic E-state index is 0.203. The molecular formula is C22H27N3O3S. The number of piperidine rings is 1. The van der Waals surface area contributed by atoms with E-state index in [4.69, 9.17) is 0 Å². The summed E-state index contributed by atoms with van der Waals surface area (Å²) < 4.78 is 26.3. The molecule has 0 aliphatic carbocycles. The lowest BCUT2D eigenvalue weighted by Crippen LogP contribution is -2.29. The lowest BCUT2D eigenvalue weighted by Gasteiger charge is -2.28. The number of carbonyl (C=O) groups excluding carboxylic acids is 1. The van der Waals surface area contributed by atoms with Crippen molar-refractivity contribution in [3.05, 3.63) is 60.2 Å². The zero-order valence-electron chi connectivity index (χ0n) is 16.6. The van der Waals surface area contributed by atoms with Crippen molar-refractivity contribution < 1.29 is 13.2 Å². The summed E-state index contributed by atoms with van der Waals surface area (Å²) in [5.74, 6) is -0.236. The predicted octanol–water partition coefficient (Wildman–Crippen LogP) is 3.63. The molecule has 1 fully saturated rings. The minimum atomic E-state index is -3.47. The standard InChI is InChI=1S/C22H27N3O3S/c1-2-23-29(27,28)21-13-6-18(7-14-21)8-15-22(26)24-19-9-11-20(12-10-19)25-16-4-3-5-17-25/h6-15,23H,2-5,16-17H2,1H3,(H,24,26)/b15-8+. The molecule has 1 saturated heterocycles. The van der Waals surface area contributed by atoms with Gasteiger partial charge < -0.3 is 10.2 Å². The zero-order chi connectivity index (χ0) is 20.7. The SMILES string of the molecule is CCNS(=O)(=O)c1ccc(/C=C/C(=O)Nc2ccc(N3CCCCC3)cc2)cc1. The summed E-state index contributed by atoms with van der Waals surface area (Å²) in [5.41, 5.74) is 2.68. The van der Waals surface area contributed by atoms with E-state index in [2.05, 4.69) is 14.9 Å². The Balaban J connectivity index is 1.56. The minimum Gasteiger partial charge on any atom is -0.372 e. The molecule has 1 heterocycles. The molecule has 6 nitrogen and oxygen atoms in total. The largest absolute Gasteiger partial charge is 0.372 e. The lowest BCUT2D eigenvalue weighted by molar-refractivity contribution is -0.111. The molecule has 0 saturated carbocycles. The van der Waals surface area contributed by atoms with Gasteiger partial charge in [-0.3, -0.25) is 4.79 Å². The molecule has 1 aliphatic rings. The van der Waals surface area contributed by atoms with Gasteiger partial charge >= 0.3 is 0 Å². The number of carbonyl (C=O) groups is 1. The highest BCUT2D eigenvalue weighted by atomic mass is 32.2. The van der Waals surface area contributed by atoms with Gasteiger partial charge in [-0.2, -0.15) is 0 Å². The van der Waals surface area contributed by atoms with E-state index >= 15 is 0 Å². The first-order chi connectivity index (χ1) is 14.0. The Labute approximate surface area is 172 Å². The molecule has 0 bridgehead atoms. The first-order valence-corrected chi connectivity index (χ1v) is 11.4. The highest BCUT2D eigenvalue weighted by Crippen LogP contribution is 2.21. The normalized spacial score (nSPS) is 14.9. The van der Waals surface area contributed by atoms with Crippen LogP contribution in [-0.2, 0) is 14.8 Å². The van der Waals surface area contributed by atoms with Crippen LogP contribution in [0.15, 0.2) is 59.5 Å². The van der Waals surface area contributed by atoms with Gasteiger partial charge in [0.2, 0.25) is 15.9 Å². The number of sulfonamides is 1. The van der Waals surface area contributed by atoms with Gasteiger partial charge in [-0.05, 0) is 67.3 Å². The van der Waals surface area contributed by atoms with Crippen LogP contribution in [0.4, 0.5) is 11.4 Å². The second-order valence-electron chi connectivity index (χ2n) is 6.99. The van der Waals surface area contributed by atoms with Crippen LogP contribution in [0.1, 0.15) is 31.7 Å². The Bertz CT molecular complexity index is 946. The van der Waals surface area contributed by atoms with E-state index in [0.29, 0.717) is 6.54 Å². The number of nitrogens with zero attached hydrogens (tertiary/aromatic N) is 1. The predicted molar refractivity (Wildman–Crippen MR) is 117 cm³/mol. The molecule has 2 N–H and O–H groups in total. The Hall–Kier alpha value is -2.64. The van der Waals surface area contributed by atoms with E-state index in [-0.39, 0.29) is 10.8 Å². The van der Waals surface area contributed by atoms with Crippen molar-refractivity contribution in [1.29, 1.82) is 0 Å². The molecule has 0 aromatic heterocycles. The molecule has 3 rings (SSSR count). The maximum Gasteiger partial charge on any atom is 0.248 e. The molecule has 2 aromatic carbocycles. The molecule has 1 aliphatic heterocycles. The van der Waals surface area contributed by atoms with Gasteiger partial charge in [0.05, 0.1) is 4.90 Å². The van der Waals surface area contributed by atoms with Crippen LogP contribution in [0, 0.1) is 0 Å². The highest BCUT2D eigenvalue weighted by Gasteiger charge is 2.12. The summed E-state index contributed by atoms with van der Waals surface area (Å²) in [6, 6.07) is 14.3. The third kappa shape index (κ3) is 5.92. The highest BCUT2D eigenvalue weighted by molar-refractivity contribution is 7.89. The van der Waals surface area contributed by atoms with Crippen LogP contribution in [-0.4, -0.2) is 34.0 Å². The summed E-state index contributed by atoms with van der Waals surface area (Å²) in [4.78, 5) is 14.7. The number of anilines is 2. The number of rotatable bonds is 7. The molecule has 29 heavy (non-hydrogen) atoms. The Morgan fingerprint density at radius 1 is 1.00 bits per heavy atom. The van der Waals surface area contributed by atoms with Gasteiger partial charge in [-0.25, -0.2) is 13.1 Å². The van der Waals surface area contributed by atoms with E-state index in [1.807, 2.05) is 24.3 Å². The summed E-state index contributed by atoms with van der Waals surface area (Å²) in [6.45, 7) is 4.24. The van der Waals surface area contributed by atoms with Crippen LogP contribution in [0.2, 0.25) is 0 Å². The number of amides is 1. The summed E-state index contributed by atoms with van der Waals surface area (Å²) in [6.07, 6.45) is 6.84. The van der Waals surface area contributed by atoms with Crippen molar-refractivity contribution in [3.8, 4) is 0 Å². The zero-order valence-corrected chi connectivity index (χ0v) is 17.4. The number of hydrogen-bond donors (Lipinski definition) is 2. The number of nitrogens with one attached hydrogen (secondary N) is 2. The van der Waals surface area contributed by atoms with Gasteiger partial charge in [0, 0.05) is 37.1 Å². The van der Waals surface area contributed by atoms with Crippen LogP contribution < -0.4 is 14.9 Å². The molecule has 2 aromatic rings. The average Bonchev–Trinajstić information content (AvgIpc) is 2.74. The molecule has 0 radical (unpaired) electrons. The monoisotopic (exact) mass is 413 g/mol.